The van der Waals surface area contributed by atoms with Gasteiger partial charge in [0.25, 0.3) is 0 Å². The van der Waals surface area contributed by atoms with Crippen molar-refractivity contribution in [3.8, 4) is 0 Å². The van der Waals surface area contributed by atoms with Gasteiger partial charge >= 0.3 is 0 Å². The van der Waals surface area contributed by atoms with E-state index in [0.717, 1.165) is 13.2 Å². The van der Waals surface area contributed by atoms with Crippen LogP contribution in [0.15, 0.2) is 42.5 Å². The Balaban J connectivity index is 2.12. The molecule has 0 atom stereocenters. The summed E-state index contributed by atoms with van der Waals surface area (Å²) in [5.41, 5.74) is 7.46. The molecule has 1 aliphatic rings. The molecule has 0 saturated carbocycles. The zero-order chi connectivity index (χ0) is 13.5. The maximum Gasteiger partial charge on any atom is 0.0591 e. The molecule has 0 spiro atoms. The maximum absolute atomic E-state index is 6.00. The third-order valence-electron chi connectivity index (χ3n) is 4.80. The Morgan fingerprint density at radius 1 is 1.11 bits per heavy atom. The summed E-state index contributed by atoms with van der Waals surface area (Å²) in [7, 11) is 0. The van der Waals surface area contributed by atoms with E-state index < -0.39 is 0 Å². The molecule has 2 aromatic rings. The first kappa shape index (κ1) is 12.6. The zero-order valence-electron chi connectivity index (χ0n) is 11.6. The van der Waals surface area contributed by atoms with Crippen LogP contribution in [0.25, 0.3) is 10.8 Å². The predicted molar refractivity (Wildman–Crippen MR) is 79.3 cm³/mol. The molecule has 2 N–H and O–H groups in total. The van der Waals surface area contributed by atoms with Crippen molar-refractivity contribution in [2.24, 2.45) is 11.1 Å². The lowest BCUT2D eigenvalue weighted by Gasteiger charge is -2.52. The van der Waals surface area contributed by atoms with Gasteiger partial charge < -0.3 is 10.5 Å². The Hall–Kier alpha value is -1.38. The highest BCUT2D eigenvalue weighted by molar-refractivity contribution is 5.83. The topological polar surface area (TPSA) is 35.2 Å². The van der Waals surface area contributed by atoms with E-state index >= 15 is 0 Å². The molecule has 1 aliphatic heterocycles. The molecule has 2 heteroatoms. The minimum Gasteiger partial charge on any atom is -0.379 e. The quantitative estimate of drug-likeness (QED) is 0.914. The van der Waals surface area contributed by atoms with Crippen LogP contribution in [0.2, 0.25) is 0 Å². The third kappa shape index (κ3) is 1.78. The number of benzene rings is 2. The highest BCUT2D eigenvalue weighted by Gasteiger charge is 2.51. The van der Waals surface area contributed by atoms with Crippen LogP contribution in [0.3, 0.4) is 0 Å². The lowest BCUT2D eigenvalue weighted by molar-refractivity contribution is -0.116. The number of fused-ring (bicyclic) bond motifs is 1. The van der Waals surface area contributed by atoms with Crippen LogP contribution in [0.4, 0.5) is 0 Å². The summed E-state index contributed by atoms with van der Waals surface area (Å²) in [5, 5.41) is 2.58. The molecule has 2 nitrogen and oxygen atoms in total. The molecule has 0 unspecified atom stereocenters. The van der Waals surface area contributed by atoms with Gasteiger partial charge in [-0.2, -0.15) is 0 Å². The van der Waals surface area contributed by atoms with Crippen molar-refractivity contribution in [1.82, 2.24) is 0 Å². The monoisotopic (exact) mass is 255 g/mol. The third-order valence-corrected chi connectivity index (χ3v) is 4.80. The number of ether oxygens (including phenoxy) is 1. The van der Waals surface area contributed by atoms with E-state index in [-0.39, 0.29) is 10.8 Å². The molecule has 19 heavy (non-hydrogen) atoms. The van der Waals surface area contributed by atoms with Gasteiger partial charge in [-0.25, -0.2) is 0 Å². The lowest BCUT2D eigenvalue weighted by Crippen LogP contribution is -2.59. The van der Waals surface area contributed by atoms with Gasteiger partial charge in [0.1, 0.15) is 0 Å². The number of nitrogens with two attached hydrogens (primary N) is 1. The molecule has 1 fully saturated rings. The van der Waals surface area contributed by atoms with Gasteiger partial charge in [-0.1, -0.05) is 56.3 Å². The Morgan fingerprint density at radius 3 is 2.37 bits per heavy atom. The van der Waals surface area contributed by atoms with Gasteiger partial charge in [-0.15, -0.1) is 0 Å². The van der Waals surface area contributed by atoms with E-state index in [1.54, 1.807) is 0 Å². The highest BCUT2D eigenvalue weighted by Crippen LogP contribution is 2.47. The number of hydrogen-bond donors (Lipinski definition) is 1. The Bertz CT molecular complexity index is 599. The van der Waals surface area contributed by atoms with Crippen molar-refractivity contribution >= 4 is 10.8 Å². The largest absolute Gasteiger partial charge is 0.379 e. The van der Waals surface area contributed by atoms with E-state index in [9.17, 15) is 0 Å². The van der Waals surface area contributed by atoms with Gasteiger partial charge in [-0.3, -0.25) is 0 Å². The molecular weight excluding hydrogens is 234 g/mol. The minimum absolute atomic E-state index is 0.0493. The van der Waals surface area contributed by atoms with Crippen LogP contribution in [0.5, 0.6) is 0 Å². The van der Waals surface area contributed by atoms with Crippen molar-refractivity contribution < 1.29 is 4.74 Å². The van der Waals surface area contributed by atoms with Gasteiger partial charge in [0.15, 0.2) is 0 Å². The second kappa shape index (κ2) is 4.32. The van der Waals surface area contributed by atoms with Gasteiger partial charge in [0, 0.05) is 5.41 Å². The minimum atomic E-state index is 0.0493. The maximum atomic E-state index is 6.00. The van der Waals surface area contributed by atoms with Crippen molar-refractivity contribution in [2.45, 2.75) is 19.3 Å². The molecule has 0 aromatic heterocycles. The summed E-state index contributed by atoms with van der Waals surface area (Å²) in [4.78, 5) is 0. The van der Waals surface area contributed by atoms with Crippen LogP contribution in [-0.2, 0) is 10.2 Å². The van der Waals surface area contributed by atoms with Crippen LogP contribution in [-0.4, -0.2) is 19.8 Å². The van der Waals surface area contributed by atoms with Gasteiger partial charge in [-0.05, 0) is 28.3 Å². The summed E-state index contributed by atoms with van der Waals surface area (Å²) in [6.07, 6.45) is 0. The van der Waals surface area contributed by atoms with Gasteiger partial charge in [0.2, 0.25) is 0 Å². The molecule has 0 radical (unpaired) electrons. The molecular formula is C17H21NO. The lowest BCUT2D eigenvalue weighted by atomic mass is 9.60. The molecule has 3 rings (SSSR count). The standard InChI is InChI=1S/C17H21NO/c1-16(2,10-18)17(11-19-12-17)15-8-7-13-5-3-4-6-14(13)9-15/h3-9H,10-12,18H2,1-2H3. The fourth-order valence-corrected chi connectivity index (χ4v) is 2.94. The van der Waals surface area contributed by atoms with Crippen molar-refractivity contribution in [2.75, 3.05) is 19.8 Å². The fraction of sp³-hybridized carbons (Fsp3) is 0.412. The van der Waals surface area contributed by atoms with E-state index in [1.165, 1.54) is 16.3 Å². The summed E-state index contributed by atoms with van der Waals surface area (Å²) < 4.78 is 5.54. The van der Waals surface area contributed by atoms with Crippen LogP contribution in [0.1, 0.15) is 19.4 Å². The second-order valence-corrected chi connectivity index (χ2v) is 6.22. The first-order valence-electron chi connectivity index (χ1n) is 6.86. The van der Waals surface area contributed by atoms with Crippen molar-refractivity contribution in [3.63, 3.8) is 0 Å². The summed E-state index contributed by atoms with van der Waals surface area (Å²) >= 11 is 0. The molecule has 0 bridgehead atoms. The smallest absolute Gasteiger partial charge is 0.0591 e. The summed E-state index contributed by atoms with van der Waals surface area (Å²) in [6, 6.07) is 15.2. The Morgan fingerprint density at radius 2 is 1.79 bits per heavy atom. The van der Waals surface area contributed by atoms with Gasteiger partial charge in [0.05, 0.1) is 13.2 Å². The van der Waals surface area contributed by atoms with Crippen LogP contribution < -0.4 is 5.73 Å². The molecule has 0 aliphatic carbocycles. The average molecular weight is 255 g/mol. The molecule has 100 valence electrons. The number of hydrogen-bond acceptors (Lipinski definition) is 2. The normalized spacial score (nSPS) is 18.3. The molecule has 0 amide bonds. The van der Waals surface area contributed by atoms with E-state index in [4.69, 9.17) is 10.5 Å². The van der Waals surface area contributed by atoms with Crippen molar-refractivity contribution in [1.29, 1.82) is 0 Å². The van der Waals surface area contributed by atoms with Crippen LogP contribution >= 0.6 is 0 Å². The summed E-state index contributed by atoms with van der Waals surface area (Å²) in [6.45, 7) is 6.70. The first-order chi connectivity index (χ1) is 9.09. The van der Waals surface area contributed by atoms with Crippen LogP contribution in [0, 0.1) is 5.41 Å². The van der Waals surface area contributed by atoms with Crippen molar-refractivity contribution in [3.05, 3.63) is 48.0 Å². The number of rotatable bonds is 3. The fourth-order valence-electron chi connectivity index (χ4n) is 2.94. The zero-order valence-corrected chi connectivity index (χ0v) is 11.6. The predicted octanol–water partition coefficient (Wildman–Crippen LogP) is 3.09. The highest BCUT2D eigenvalue weighted by atomic mass is 16.5. The molecule has 1 heterocycles. The Kier molecular flexibility index (Phi) is 2.88. The first-order valence-corrected chi connectivity index (χ1v) is 6.86. The average Bonchev–Trinajstić information content (AvgIpc) is 2.37. The molecule has 1 saturated heterocycles. The van der Waals surface area contributed by atoms with E-state index in [0.29, 0.717) is 6.54 Å². The Labute approximate surface area is 114 Å². The van der Waals surface area contributed by atoms with E-state index in [2.05, 4.69) is 56.3 Å². The SMILES string of the molecule is CC(C)(CN)C1(c2ccc3ccccc3c2)COC1. The van der Waals surface area contributed by atoms with E-state index in [1.807, 2.05) is 0 Å². The molecule has 2 aromatic carbocycles. The second-order valence-electron chi connectivity index (χ2n) is 6.22. The summed E-state index contributed by atoms with van der Waals surface area (Å²) in [5.74, 6) is 0.